The Bertz CT molecular complexity index is 236. The highest BCUT2D eigenvalue weighted by atomic mass is 16.6. The first-order valence-electron chi connectivity index (χ1n) is 4.88. The van der Waals surface area contributed by atoms with E-state index >= 15 is 0 Å². The van der Waals surface area contributed by atoms with Gasteiger partial charge < -0.3 is 4.74 Å². The van der Waals surface area contributed by atoms with Crippen molar-refractivity contribution in [2.45, 2.75) is 44.8 Å². The third kappa shape index (κ3) is 1.46. The molecule has 0 amide bonds. The largest absolute Gasteiger partial charge is 0.456 e. The first kappa shape index (κ1) is 9.00. The number of carbonyl (C=O) groups is 1. The van der Waals surface area contributed by atoms with Crippen molar-refractivity contribution in [3.05, 3.63) is 0 Å². The van der Waals surface area contributed by atoms with Gasteiger partial charge in [0.2, 0.25) is 0 Å². The molecule has 0 aliphatic carbocycles. The molecule has 2 heterocycles. The zero-order chi connectivity index (χ0) is 9.69. The maximum atomic E-state index is 11.0. The van der Waals surface area contributed by atoms with Gasteiger partial charge >= 0.3 is 5.97 Å². The van der Waals surface area contributed by atoms with Crippen molar-refractivity contribution in [1.29, 1.82) is 0 Å². The summed E-state index contributed by atoms with van der Waals surface area (Å²) in [7, 11) is 0. The van der Waals surface area contributed by atoms with Crippen LogP contribution in [0.3, 0.4) is 0 Å². The summed E-state index contributed by atoms with van der Waals surface area (Å²) in [5, 5.41) is 0. The molecule has 0 N–H and O–H groups in total. The number of hydrogen-bond acceptors (Lipinski definition) is 3. The van der Waals surface area contributed by atoms with E-state index in [2.05, 4.69) is 25.7 Å². The molecular formula is C10H17NO2. The highest BCUT2D eigenvalue weighted by Crippen LogP contribution is 2.38. The molecule has 1 spiro atoms. The van der Waals surface area contributed by atoms with E-state index in [1.54, 1.807) is 0 Å². The molecule has 0 aromatic carbocycles. The van der Waals surface area contributed by atoms with E-state index in [-0.39, 0.29) is 17.1 Å². The molecule has 0 bridgehead atoms. The van der Waals surface area contributed by atoms with Crippen LogP contribution in [0.1, 0.15) is 33.6 Å². The number of esters is 1. The maximum absolute atomic E-state index is 11.0. The topological polar surface area (TPSA) is 29.5 Å². The monoisotopic (exact) mass is 183 g/mol. The number of likely N-dealkylation sites (tertiary alicyclic amines) is 1. The number of carbonyl (C=O) groups excluding carboxylic acids is 1. The number of rotatable bonds is 0. The highest BCUT2D eigenvalue weighted by molar-refractivity contribution is 5.72. The fraction of sp³-hybridized carbons (Fsp3) is 0.900. The molecule has 0 atom stereocenters. The summed E-state index contributed by atoms with van der Waals surface area (Å²) in [5.74, 6) is -0.0199. The summed E-state index contributed by atoms with van der Waals surface area (Å²) in [5.41, 5.74) is 0.102. The average molecular weight is 183 g/mol. The quantitative estimate of drug-likeness (QED) is 0.528. The van der Waals surface area contributed by atoms with Crippen molar-refractivity contribution >= 4 is 5.97 Å². The van der Waals surface area contributed by atoms with E-state index in [1.807, 2.05) is 0 Å². The van der Waals surface area contributed by atoms with Gasteiger partial charge in [0.05, 0.1) is 0 Å². The lowest BCUT2D eigenvalue weighted by atomic mass is 9.86. The molecule has 74 valence electrons. The SMILES string of the molecule is CC(C)(C)N1CC2(CCC(=O)O2)C1. The van der Waals surface area contributed by atoms with Gasteiger partial charge in [-0.1, -0.05) is 0 Å². The summed E-state index contributed by atoms with van der Waals surface area (Å²) in [4.78, 5) is 13.3. The minimum atomic E-state index is -0.107. The van der Waals surface area contributed by atoms with E-state index < -0.39 is 0 Å². The Labute approximate surface area is 79.0 Å². The minimum Gasteiger partial charge on any atom is -0.456 e. The Balaban J connectivity index is 1.94. The molecule has 2 aliphatic rings. The molecule has 0 aromatic rings. The number of nitrogens with zero attached hydrogens (tertiary/aromatic N) is 1. The predicted molar refractivity (Wildman–Crippen MR) is 49.4 cm³/mol. The normalized spacial score (nSPS) is 27.5. The van der Waals surface area contributed by atoms with Gasteiger partial charge in [0.25, 0.3) is 0 Å². The smallest absolute Gasteiger partial charge is 0.306 e. The van der Waals surface area contributed by atoms with Gasteiger partial charge in [0.1, 0.15) is 5.60 Å². The van der Waals surface area contributed by atoms with Crippen LogP contribution in [-0.4, -0.2) is 35.1 Å². The van der Waals surface area contributed by atoms with E-state index in [1.165, 1.54) is 0 Å². The lowest BCUT2D eigenvalue weighted by Gasteiger charge is -2.52. The van der Waals surface area contributed by atoms with E-state index in [0.717, 1.165) is 19.5 Å². The van der Waals surface area contributed by atoms with Crippen LogP contribution < -0.4 is 0 Å². The van der Waals surface area contributed by atoms with Gasteiger partial charge in [-0.3, -0.25) is 9.69 Å². The zero-order valence-electron chi connectivity index (χ0n) is 8.59. The molecule has 0 aromatic heterocycles. The van der Waals surface area contributed by atoms with Crippen LogP contribution in [0.2, 0.25) is 0 Å². The lowest BCUT2D eigenvalue weighted by Crippen LogP contribution is -2.66. The Hall–Kier alpha value is -0.570. The molecule has 2 saturated heterocycles. The fourth-order valence-corrected chi connectivity index (χ4v) is 2.02. The molecule has 13 heavy (non-hydrogen) atoms. The Morgan fingerprint density at radius 3 is 2.38 bits per heavy atom. The molecule has 0 saturated carbocycles. The average Bonchev–Trinajstić information content (AvgIpc) is 2.25. The van der Waals surface area contributed by atoms with Gasteiger partial charge in [-0.2, -0.15) is 0 Å². The predicted octanol–water partition coefficient (Wildman–Crippen LogP) is 1.18. The van der Waals surface area contributed by atoms with Gasteiger partial charge in [0.15, 0.2) is 0 Å². The van der Waals surface area contributed by atoms with Gasteiger partial charge in [0, 0.05) is 31.5 Å². The summed E-state index contributed by atoms with van der Waals surface area (Å²) in [6.45, 7) is 8.41. The molecule has 3 heteroatoms. The fourth-order valence-electron chi connectivity index (χ4n) is 2.02. The summed E-state index contributed by atoms with van der Waals surface area (Å²) in [6.07, 6.45) is 1.52. The maximum Gasteiger partial charge on any atom is 0.306 e. The summed E-state index contributed by atoms with van der Waals surface area (Å²) >= 11 is 0. The summed E-state index contributed by atoms with van der Waals surface area (Å²) in [6, 6.07) is 0. The van der Waals surface area contributed by atoms with Crippen molar-refractivity contribution in [3.63, 3.8) is 0 Å². The molecule has 0 unspecified atom stereocenters. The van der Waals surface area contributed by atoms with E-state index in [9.17, 15) is 4.79 Å². The third-order valence-electron chi connectivity index (χ3n) is 3.02. The van der Waals surface area contributed by atoms with Crippen molar-refractivity contribution in [2.24, 2.45) is 0 Å². The Morgan fingerprint density at radius 1 is 1.38 bits per heavy atom. The van der Waals surface area contributed by atoms with Crippen LogP contribution in [-0.2, 0) is 9.53 Å². The van der Waals surface area contributed by atoms with Crippen LogP contribution in [0.4, 0.5) is 0 Å². The molecule has 0 radical (unpaired) electrons. The van der Waals surface area contributed by atoms with Crippen LogP contribution in [0.25, 0.3) is 0 Å². The Kier molecular flexibility index (Phi) is 1.71. The van der Waals surface area contributed by atoms with Crippen molar-refractivity contribution < 1.29 is 9.53 Å². The molecule has 3 nitrogen and oxygen atoms in total. The summed E-state index contributed by atoms with van der Waals surface area (Å²) < 4.78 is 5.33. The molecule has 2 aliphatic heterocycles. The number of hydrogen-bond donors (Lipinski definition) is 0. The first-order chi connectivity index (χ1) is 5.91. The second-order valence-electron chi connectivity index (χ2n) is 5.18. The second-order valence-corrected chi connectivity index (χ2v) is 5.18. The molecular weight excluding hydrogens is 166 g/mol. The standard InChI is InChI=1S/C10H17NO2/c1-9(2,3)11-6-10(7-11)5-4-8(12)13-10/h4-7H2,1-3H3. The molecule has 2 fully saturated rings. The minimum absolute atomic E-state index is 0.0199. The van der Waals surface area contributed by atoms with Gasteiger partial charge in [-0.15, -0.1) is 0 Å². The van der Waals surface area contributed by atoms with Crippen molar-refractivity contribution in [2.75, 3.05) is 13.1 Å². The zero-order valence-corrected chi connectivity index (χ0v) is 8.59. The van der Waals surface area contributed by atoms with Crippen LogP contribution in [0.15, 0.2) is 0 Å². The van der Waals surface area contributed by atoms with Crippen LogP contribution in [0, 0.1) is 0 Å². The highest BCUT2D eigenvalue weighted by Gasteiger charge is 2.52. The van der Waals surface area contributed by atoms with Gasteiger partial charge in [-0.25, -0.2) is 0 Å². The van der Waals surface area contributed by atoms with E-state index in [4.69, 9.17) is 4.74 Å². The Morgan fingerprint density at radius 2 is 2.00 bits per heavy atom. The lowest BCUT2D eigenvalue weighted by molar-refractivity contribution is -0.172. The van der Waals surface area contributed by atoms with Crippen molar-refractivity contribution in [1.82, 2.24) is 4.90 Å². The third-order valence-corrected chi connectivity index (χ3v) is 3.02. The first-order valence-corrected chi connectivity index (χ1v) is 4.88. The molecule has 2 rings (SSSR count). The van der Waals surface area contributed by atoms with Crippen molar-refractivity contribution in [3.8, 4) is 0 Å². The van der Waals surface area contributed by atoms with Gasteiger partial charge in [-0.05, 0) is 20.8 Å². The second kappa shape index (κ2) is 2.47. The van der Waals surface area contributed by atoms with Crippen LogP contribution >= 0.6 is 0 Å². The van der Waals surface area contributed by atoms with Crippen LogP contribution in [0.5, 0.6) is 0 Å². The number of ether oxygens (including phenoxy) is 1. The van der Waals surface area contributed by atoms with E-state index in [0.29, 0.717) is 6.42 Å².